The molecule has 4 heteroatoms. The van der Waals surface area contributed by atoms with Crippen LogP contribution >= 0.6 is 0 Å². The largest absolute Gasteiger partial charge is 0.504 e. The summed E-state index contributed by atoms with van der Waals surface area (Å²) in [5.41, 5.74) is -1.67. The second kappa shape index (κ2) is 4.72. The van der Waals surface area contributed by atoms with Crippen molar-refractivity contribution in [3.63, 3.8) is 0 Å². The van der Waals surface area contributed by atoms with Gasteiger partial charge in [0.15, 0.2) is 11.5 Å². The Morgan fingerprint density at radius 1 is 1.50 bits per heavy atom. The highest BCUT2D eigenvalue weighted by molar-refractivity contribution is 5.41. The Labute approximate surface area is 108 Å². The summed E-state index contributed by atoms with van der Waals surface area (Å²) in [4.78, 5) is 0. The molecule has 1 rings (SSSR count). The van der Waals surface area contributed by atoms with E-state index in [1.165, 1.54) is 0 Å². The van der Waals surface area contributed by atoms with Gasteiger partial charge < -0.3 is 20.6 Å². The van der Waals surface area contributed by atoms with Crippen LogP contribution < -0.4 is 5.32 Å². The number of hydrogen-bond acceptors (Lipinski definition) is 4. The zero-order valence-corrected chi connectivity index (χ0v) is 9.22. The molecule has 1 atom stereocenters. The van der Waals surface area contributed by atoms with Gasteiger partial charge in [0.2, 0.25) is 1.43 Å². The molecule has 1 aromatic rings. The lowest BCUT2D eigenvalue weighted by atomic mass is 10.1. The highest BCUT2D eigenvalue weighted by Gasteiger charge is 2.14. The average Bonchev–Trinajstić information content (AvgIpc) is 2.47. The number of nitrogens with one attached hydrogen (secondary N) is 1. The van der Waals surface area contributed by atoms with Crippen LogP contribution in [-0.4, -0.2) is 31.7 Å². The number of β-amino-alcohol motifs (C(OH)–C–C–N with tert-alkyl or cyclic N) is 1. The Morgan fingerprint density at radius 3 is 2.81 bits per heavy atom. The molecule has 1 unspecified atom stereocenters. The Kier molecular flexibility index (Phi) is 1.46. The third kappa shape index (κ3) is 3.72. The van der Waals surface area contributed by atoms with Gasteiger partial charge in [-0.2, -0.15) is 0 Å². The van der Waals surface area contributed by atoms with Crippen LogP contribution in [0.5, 0.6) is 11.5 Å². The van der Waals surface area contributed by atoms with Gasteiger partial charge in [0, 0.05) is 14.8 Å². The summed E-state index contributed by atoms with van der Waals surface area (Å²) in [5, 5.41) is 15.0. The van der Waals surface area contributed by atoms with Crippen LogP contribution in [0.25, 0.3) is 0 Å². The highest BCUT2D eigenvalue weighted by Crippen LogP contribution is 2.27. The molecule has 0 aliphatic heterocycles. The van der Waals surface area contributed by atoms with Crippen LogP contribution in [0, 0.1) is 0 Å². The fourth-order valence-corrected chi connectivity index (χ4v) is 0.798. The van der Waals surface area contributed by atoms with Gasteiger partial charge in [-0.15, -0.1) is 0 Å². The molecule has 0 aliphatic rings. The van der Waals surface area contributed by atoms with Crippen molar-refractivity contribution in [2.75, 3.05) is 6.50 Å². The number of hydrogen-bond donors (Lipinski definition) is 4. The zero-order valence-electron chi connectivity index (χ0n) is 18.2. The number of rotatable bonds is 6. The van der Waals surface area contributed by atoms with E-state index in [4.69, 9.17) is 12.5 Å². The first-order valence-corrected chi connectivity index (χ1v) is 4.61. The third-order valence-corrected chi connectivity index (χ3v) is 1.52. The number of phenolic OH excluding ortho intramolecular Hbond substituents is 2. The summed E-state index contributed by atoms with van der Waals surface area (Å²) >= 11 is 0. The fraction of sp³-hybridized carbons (Fsp3) is 0.500. The Morgan fingerprint density at radius 2 is 2.25 bits per heavy atom. The summed E-state index contributed by atoms with van der Waals surface area (Å²) in [5.74, 6) is -1.46. The molecule has 0 bridgehead atoms. The summed E-state index contributed by atoms with van der Waals surface area (Å²) in [6.45, 7) is 2.03. The molecule has 0 amide bonds. The maximum absolute atomic E-state index is 8.30. The minimum absolute atomic E-state index is 0.703. The summed E-state index contributed by atoms with van der Waals surface area (Å²) in [6.07, 6.45) is -2.95. The summed E-state index contributed by atoms with van der Waals surface area (Å²) in [6, 6.07) is -2.52. The second-order valence-corrected chi connectivity index (χ2v) is 4.24. The van der Waals surface area contributed by atoms with Gasteiger partial charge in [0.25, 0.3) is 2.86 Å². The van der Waals surface area contributed by atoms with Crippen molar-refractivity contribution in [1.29, 1.82) is 4.29 Å². The van der Waals surface area contributed by atoms with Gasteiger partial charge in [-0.25, -0.2) is 0 Å². The lowest BCUT2D eigenvalue weighted by Gasteiger charge is -2.23. The molecular weight excluding hydrogens is 206 g/mol. The molecule has 0 saturated carbocycles. The van der Waals surface area contributed by atoms with E-state index in [-0.39, 0.29) is 0 Å². The summed E-state index contributed by atoms with van der Waals surface area (Å²) < 4.78 is 69.3. The van der Waals surface area contributed by atoms with E-state index in [1.54, 1.807) is 20.8 Å². The van der Waals surface area contributed by atoms with Crippen molar-refractivity contribution in [2.45, 2.75) is 32.4 Å². The minimum Gasteiger partial charge on any atom is -0.504 e. The standard InChI is InChI=1S/C12H19NO3/c1-12(2,3)13-7-11(16)8-4-5-9(14)10(15)6-8/h4-6,11,13-16H,7H2,1-3H3/i4D,5D,6D,7D2,11D,16D/hD2. The number of phenols is 2. The van der Waals surface area contributed by atoms with Crippen LogP contribution in [0.15, 0.2) is 18.1 Å². The first-order valence-electron chi connectivity index (χ1n) is 8.84. The predicted molar refractivity (Wildman–Crippen MR) is 62.5 cm³/mol. The van der Waals surface area contributed by atoms with Crippen molar-refractivity contribution in [3.8, 4) is 11.5 Å². The van der Waals surface area contributed by atoms with Crippen molar-refractivity contribution in [3.05, 3.63) is 23.7 Å². The van der Waals surface area contributed by atoms with Crippen LogP contribution in [0.3, 0.4) is 0 Å². The Balaban J connectivity index is 3.79. The summed E-state index contributed by atoms with van der Waals surface area (Å²) in [7, 11) is 0. The highest BCUT2D eigenvalue weighted by atomic mass is 16.3. The van der Waals surface area contributed by atoms with Crippen LogP contribution in [0.4, 0.5) is 0 Å². The SMILES string of the molecule is [2H]Oc1c([2H])c([2H])c(C([2H])(O[2H])C([2H])([2H])NC(C)(C)C)c([2H])c1O[2H]. The van der Waals surface area contributed by atoms with Crippen molar-refractivity contribution in [2.24, 2.45) is 0 Å². The van der Waals surface area contributed by atoms with Gasteiger partial charge in [0.1, 0.15) is 0 Å². The fourth-order valence-electron chi connectivity index (χ4n) is 0.798. The average molecular weight is 234 g/mol. The molecule has 0 aromatic heterocycles. The molecule has 1 aromatic carbocycles. The molecule has 0 aliphatic carbocycles. The molecule has 0 heterocycles. The second-order valence-electron chi connectivity index (χ2n) is 4.24. The van der Waals surface area contributed by atoms with Crippen LogP contribution in [0.2, 0.25) is 0 Å². The number of aromatic hydroxyl groups is 2. The molecule has 16 heavy (non-hydrogen) atoms. The van der Waals surface area contributed by atoms with E-state index in [9.17, 15) is 0 Å². The first-order chi connectivity index (χ1) is 11.3. The molecule has 0 spiro atoms. The maximum atomic E-state index is 8.30. The Hall–Kier alpha value is -1.26. The lowest BCUT2D eigenvalue weighted by Crippen LogP contribution is -2.38. The van der Waals surface area contributed by atoms with E-state index in [0.717, 1.165) is 0 Å². The third-order valence-electron chi connectivity index (χ3n) is 1.52. The van der Waals surface area contributed by atoms with E-state index < -0.39 is 53.3 Å². The zero-order chi connectivity index (χ0) is 19.8. The van der Waals surface area contributed by atoms with Crippen LogP contribution in [-0.2, 0) is 0 Å². The molecule has 90 valence electrons. The quantitative estimate of drug-likeness (QED) is 0.563. The van der Waals surface area contributed by atoms with E-state index in [0.29, 0.717) is 0 Å². The van der Waals surface area contributed by atoms with Crippen molar-refractivity contribution >= 4 is 0 Å². The van der Waals surface area contributed by atoms with Crippen LogP contribution in [0.1, 0.15) is 40.6 Å². The monoisotopic (exact) mass is 234 g/mol. The topological polar surface area (TPSA) is 72.7 Å². The predicted octanol–water partition coefficient (Wildman–Crippen LogP) is 1.52. The first kappa shape index (κ1) is 4.94. The van der Waals surface area contributed by atoms with Gasteiger partial charge in [-0.3, -0.25) is 0 Å². The molecule has 4 N–H and O–H groups in total. The van der Waals surface area contributed by atoms with Gasteiger partial charge in [-0.05, 0) is 38.4 Å². The smallest absolute Gasteiger partial charge is 0.293 e. The lowest BCUT2D eigenvalue weighted by molar-refractivity contribution is 0.163. The normalized spacial score (nSPS) is 24.1. The van der Waals surface area contributed by atoms with E-state index in [2.05, 4.69) is 20.6 Å². The van der Waals surface area contributed by atoms with Crippen molar-refractivity contribution < 1.29 is 23.6 Å². The number of benzene rings is 1. The minimum atomic E-state index is -2.95. The van der Waals surface area contributed by atoms with E-state index in [1.807, 2.05) is 0 Å². The Bertz CT molecular complexity index is 650. The molecule has 0 radical (unpaired) electrons. The molecule has 0 fully saturated rings. The maximum Gasteiger partial charge on any atom is 0.293 e. The van der Waals surface area contributed by atoms with Crippen molar-refractivity contribution in [1.82, 2.24) is 5.32 Å². The van der Waals surface area contributed by atoms with Gasteiger partial charge in [-0.1, -0.05) is 6.04 Å². The van der Waals surface area contributed by atoms with Gasteiger partial charge >= 0.3 is 0 Å². The molecule has 4 nitrogen and oxygen atoms in total. The number of aliphatic hydroxyl groups is 1. The van der Waals surface area contributed by atoms with E-state index >= 15 is 0 Å². The molecular formula is C12H19NO3. The van der Waals surface area contributed by atoms with Gasteiger partial charge in [0.05, 0.1) is 11.6 Å². The molecule has 0 saturated heterocycles.